The first-order chi connectivity index (χ1) is 10.9. The number of fused-ring (bicyclic) bond motifs is 1. The number of rotatable bonds is 4. The topological polar surface area (TPSA) is 71.2 Å². The summed E-state index contributed by atoms with van der Waals surface area (Å²) in [5, 5.41) is 8.84. The predicted molar refractivity (Wildman–Crippen MR) is 76.7 cm³/mol. The molecule has 4 rings (SSSR count). The number of anilines is 1. The molecule has 0 spiro atoms. The minimum absolute atomic E-state index is 0.00759. The lowest BCUT2D eigenvalue weighted by atomic mass is 10.2. The zero-order valence-electron chi connectivity index (χ0n) is 12.1. The van der Waals surface area contributed by atoms with Crippen molar-refractivity contribution < 1.29 is 18.7 Å². The van der Waals surface area contributed by atoms with Gasteiger partial charge in [-0.15, -0.1) is 0 Å². The van der Waals surface area contributed by atoms with E-state index in [1.54, 1.807) is 10.8 Å². The number of hydrogen-bond acceptors (Lipinski definition) is 4. The number of carboxylic acid groups (broad SMARTS) is 1. The number of halogens is 2. The molecule has 1 aliphatic carbocycles. The van der Waals surface area contributed by atoms with Gasteiger partial charge < -0.3 is 14.6 Å². The van der Waals surface area contributed by atoms with E-state index >= 15 is 0 Å². The van der Waals surface area contributed by atoms with Gasteiger partial charge in [0.1, 0.15) is 5.82 Å². The van der Waals surface area contributed by atoms with E-state index in [0.29, 0.717) is 25.5 Å². The van der Waals surface area contributed by atoms with E-state index in [0.717, 1.165) is 5.56 Å². The van der Waals surface area contributed by atoms with Crippen LogP contribution in [0.4, 0.5) is 14.6 Å². The van der Waals surface area contributed by atoms with Gasteiger partial charge in [-0.05, 0) is 11.6 Å². The number of carbonyl (C=O) groups is 1. The molecule has 1 saturated carbocycles. The van der Waals surface area contributed by atoms with Gasteiger partial charge in [-0.25, -0.2) is 23.5 Å². The van der Waals surface area contributed by atoms with Crippen molar-refractivity contribution in [2.75, 3.05) is 18.0 Å². The Kier molecular flexibility index (Phi) is 2.91. The fraction of sp³-hybridized carbons (Fsp3) is 0.400. The van der Waals surface area contributed by atoms with Crippen molar-refractivity contribution in [1.82, 2.24) is 14.5 Å². The molecule has 3 heterocycles. The summed E-state index contributed by atoms with van der Waals surface area (Å²) >= 11 is 0. The average molecular weight is 320 g/mol. The number of piperidine rings is 1. The van der Waals surface area contributed by atoms with Gasteiger partial charge >= 0.3 is 5.97 Å². The van der Waals surface area contributed by atoms with Gasteiger partial charge in [0.2, 0.25) is 0 Å². The molecule has 2 aromatic heterocycles. The molecule has 0 aromatic carbocycles. The Morgan fingerprint density at radius 1 is 1.30 bits per heavy atom. The second kappa shape index (κ2) is 4.74. The maximum atomic E-state index is 13.2. The van der Waals surface area contributed by atoms with Gasteiger partial charge in [0, 0.05) is 25.5 Å². The third kappa shape index (κ3) is 2.34. The summed E-state index contributed by atoms with van der Waals surface area (Å²) < 4.78 is 28.1. The van der Waals surface area contributed by atoms with Crippen LogP contribution in [-0.2, 0) is 6.54 Å². The molecule has 1 aliphatic heterocycles. The van der Waals surface area contributed by atoms with Crippen LogP contribution in [0.2, 0.25) is 0 Å². The van der Waals surface area contributed by atoms with Crippen molar-refractivity contribution >= 4 is 11.8 Å². The lowest BCUT2D eigenvalue weighted by Crippen LogP contribution is -2.28. The minimum atomic E-state index is -2.49. The molecule has 1 N–H and O–H groups in total. The van der Waals surface area contributed by atoms with Crippen LogP contribution in [0.25, 0.3) is 0 Å². The largest absolute Gasteiger partial charge is 0.476 e. The Morgan fingerprint density at radius 3 is 2.61 bits per heavy atom. The van der Waals surface area contributed by atoms with E-state index in [1.165, 1.54) is 12.5 Å². The van der Waals surface area contributed by atoms with Crippen LogP contribution in [0.1, 0.15) is 16.1 Å². The van der Waals surface area contributed by atoms with Crippen LogP contribution in [0.3, 0.4) is 0 Å². The standard InChI is InChI=1S/C15H14F2N4O2/c16-15(17)10-5-21(6-11(10)15)13-2-1-9(3-18-13)4-20-7-12(14(22)23)19-8-20/h1-3,7-8,10-11H,4-6H2,(H,22,23). The molecular formula is C15H14F2N4O2. The Bertz CT molecular complexity index is 745. The fourth-order valence-corrected chi connectivity index (χ4v) is 3.16. The number of alkyl halides is 2. The lowest BCUT2D eigenvalue weighted by molar-refractivity contribution is 0.0690. The lowest BCUT2D eigenvalue weighted by Gasteiger charge is -2.20. The van der Waals surface area contributed by atoms with Crippen LogP contribution >= 0.6 is 0 Å². The molecule has 2 aliphatic rings. The van der Waals surface area contributed by atoms with E-state index in [4.69, 9.17) is 5.11 Å². The van der Waals surface area contributed by atoms with Crippen molar-refractivity contribution in [3.05, 3.63) is 42.1 Å². The Balaban J connectivity index is 1.41. The molecule has 23 heavy (non-hydrogen) atoms. The van der Waals surface area contributed by atoms with E-state index in [1.807, 2.05) is 17.0 Å². The summed E-state index contributed by atoms with van der Waals surface area (Å²) in [4.78, 5) is 20.8. The molecule has 1 saturated heterocycles. The van der Waals surface area contributed by atoms with Gasteiger partial charge in [0.25, 0.3) is 5.92 Å². The summed E-state index contributed by atoms with van der Waals surface area (Å²) in [6, 6.07) is 3.68. The Labute approximate surface area is 130 Å². The zero-order valence-corrected chi connectivity index (χ0v) is 12.1. The summed E-state index contributed by atoms with van der Waals surface area (Å²) in [5.74, 6) is -3.90. The monoisotopic (exact) mass is 320 g/mol. The number of aromatic nitrogens is 3. The van der Waals surface area contributed by atoms with Crippen LogP contribution in [0, 0.1) is 11.8 Å². The summed E-state index contributed by atoms with van der Waals surface area (Å²) in [6.07, 6.45) is 4.58. The van der Waals surface area contributed by atoms with Crippen molar-refractivity contribution in [2.45, 2.75) is 12.5 Å². The van der Waals surface area contributed by atoms with Gasteiger partial charge in [-0.3, -0.25) is 0 Å². The highest BCUT2D eigenvalue weighted by molar-refractivity contribution is 5.84. The van der Waals surface area contributed by atoms with E-state index in [-0.39, 0.29) is 5.69 Å². The smallest absolute Gasteiger partial charge is 0.356 e. The van der Waals surface area contributed by atoms with Crippen molar-refractivity contribution in [3.8, 4) is 0 Å². The first kappa shape index (κ1) is 14.1. The predicted octanol–water partition coefficient (Wildman–Crippen LogP) is 1.73. The molecule has 2 fully saturated rings. The van der Waals surface area contributed by atoms with E-state index < -0.39 is 23.7 Å². The quantitative estimate of drug-likeness (QED) is 0.929. The first-order valence-corrected chi connectivity index (χ1v) is 7.28. The first-order valence-electron chi connectivity index (χ1n) is 7.28. The van der Waals surface area contributed by atoms with Gasteiger partial charge in [-0.1, -0.05) is 6.07 Å². The SMILES string of the molecule is O=C(O)c1cn(Cc2ccc(N3CC4C(C3)C4(F)F)nc2)cn1. The number of imidazole rings is 1. The summed E-state index contributed by atoms with van der Waals surface area (Å²) in [5.41, 5.74) is 0.879. The van der Waals surface area contributed by atoms with Crippen molar-refractivity contribution in [3.63, 3.8) is 0 Å². The number of nitrogens with zero attached hydrogens (tertiary/aromatic N) is 4. The molecule has 120 valence electrons. The minimum Gasteiger partial charge on any atom is -0.476 e. The second-order valence-electron chi connectivity index (χ2n) is 6.05. The number of carboxylic acids is 1. The third-order valence-corrected chi connectivity index (χ3v) is 4.55. The molecule has 0 amide bonds. The summed E-state index contributed by atoms with van der Waals surface area (Å²) in [7, 11) is 0. The molecule has 0 bridgehead atoms. The molecule has 8 heteroatoms. The van der Waals surface area contributed by atoms with Crippen LogP contribution in [0.15, 0.2) is 30.9 Å². The Morgan fingerprint density at radius 2 is 2.04 bits per heavy atom. The highest BCUT2D eigenvalue weighted by atomic mass is 19.3. The van der Waals surface area contributed by atoms with Gasteiger partial charge in [-0.2, -0.15) is 0 Å². The van der Waals surface area contributed by atoms with Crippen molar-refractivity contribution in [2.24, 2.45) is 11.8 Å². The maximum absolute atomic E-state index is 13.2. The normalized spacial score (nSPS) is 24.5. The fourth-order valence-electron chi connectivity index (χ4n) is 3.16. The molecular weight excluding hydrogens is 306 g/mol. The highest BCUT2D eigenvalue weighted by Gasteiger charge is 2.71. The molecule has 2 unspecified atom stereocenters. The average Bonchev–Trinajstić information content (AvgIpc) is 2.99. The molecule has 6 nitrogen and oxygen atoms in total. The van der Waals surface area contributed by atoms with Gasteiger partial charge in [0.15, 0.2) is 5.69 Å². The number of aromatic carboxylic acids is 1. The number of pyridine rings is 1. The summed E-state index contributed by atoms with van der Waals surface area (Å²) in [6.45, 7) is 1.16. The van der Waals surface area contributed by atoms with Crippen LogP contribution in [0.5, 0.6) is 0 Å². The molecule has 2 aromatic rings. The zero-order chi connectivity index (χ0) is 16.2. The van der Waals surface area contributed by atoms with E-state index in [9.17, 15) is 13.6 Å². The van der Waals surface area contributed by atoms with Gasteiger partial charge in [0.05, 0.1) is 24.7 Å². The maximum Gasteiger partial charge on any atom is 0.356 e. The van der Waals surface area contributed by atoms with E-state index in [2.05, 4.69) is 9.97 Å². The van der Waals surface area contributed by atoms with Crippen LogP contribution < -0.4 is 4.90 Å². The Hall–Kier alpha value is -2.51. The van der Waals surface area contributed by atoms with Crippen LogP contribution in [-0.4, -0.2) is 44.6 Å². The van der Waals surface area contributed by atoms with Crippen molar-refractivity contribution in [1.29, 1.82) is 0 Å². The number of hydrogen-bond donors (Lipinski definition) is 1. The molecule has 2 atom stereocenters. The molecule has 0 radical (unpaired) electrons. The third-order valence-electron chi connectivity index (χ3n) is 4.55. The highest BCUT2D eigenvalue weighted by Crippen LogP contribution is 2.59. The second-order valence-corrected chi connectivity index (χ2v) is 6.05.